The van der Waals surface area contributed by atoms with Crippen molar-refractivity contribution < 1.29 is 8.83 Å². The summed E-state index contributed by atoms with van der Waals surface area (Å²) in [5.74, 6) is 0. The van der Waals surface area contributed by atoms with E-state index in [0.29, 0.717) is 0 Å². The summed E-state index contributed by atoms with van der Waals surface area (Å²) in [6.07, 6.45) is 0. The molecule has 8 aromatic rings. The number of nitrogens with zero attached hydrogens (tertiary/aromatic N) is 1. The lowest BCUT2D eigenvalue weighted by atomic mass is 10.1. The summed E-state index contributed by atoms with van der Waals surface area (Å²) in [5.41, 5.74) is 8.62. The van der Waals surface area contributed by atoms with Gasteiger partial charge in [-0.3, -0.25) is 0 Å². The van der Waals surface area contributed by atoms with E-state index >= 15 is 0 Å². The zero-order chi connectivity index (χ0) is 26.5. The fraction of sp³-hybridized carbons (Fsp3) is 0. The first-order chi connectivity index (χ1) is 19.8. The molecular formula is C36H24N2O2. The number of nitrogens with one attached hydrogen (secondary N) is 1. The summed E-state index contributed by atoms with van der Waals surface area (Å²) in [4.78, 5) is 2.25. The third kappa shape index (κ3) is 3.77. The van der Waals surface area contributed by atoms with Crippen LogP contribution in [0.15, 0.2) is 148 Å². The maximum Gasteiger partial charge on any atom is 0.137 e. The molecule has 2 heterocycles. The first-order valence-corrected chi connectivity index (χ1v) is 13.4. The minimum atomic E-state index is 0.868. The van der Waals surface area contributed by atoms with Gasteiger partial charge in [0.2, 0.25) is 0 Å². The molecule has 0 radical (unpaired) electrons. The molecule has 4 heteroatoms. The average Bonchev–Trinajstić information content (AvgIpc) is 3.55. The highest BCUT2D eigenvalue weighted by Gasteiger charge is 2.16. The van der Waals surface area contributed by atoms with E-state index in [1.807, 2.05) is 42.5 Å². The largest absolute Gasteiger partial charge is 0.456 e. The zero-order valence-electron chi connectivity index (χ0n) is 21.5. The summed E-state index contributed by atoms with van der Waals surface area (Å²) in [5, 5.41) is 8.07. The molecule has 8 rings (SSSR count). The Morgan fingerprint density at radius 1 is 0.375 bits per heavy atom. The Morgan fingerprint density at radius 3 is 1.68 bits per heavy atom. The van der Waals surface area contributed by atoms with Gasteiger partial charge in [0, 0.05) is 62.1 Å². The molecule has 40 heavy (non-hydrogen) atoms. The first kappa shape index (κ1) is 22.5. The van der Waals surface area contributed by atoms with Crippen LogP contribution in [-0.4, -0.2) is 0 Å². The molecule has 0 fully saturated rings. The van der Waals surface area contributed by atoms with Crippen molar-refractivity contribution in [1.82, 2.24) is 0 Å². The Kier molecular flexibility index (Phi) is 5.10. The third-order valence-electron chi connectivity index (χ3n) is 7.41. The normalized spacial score (nSPS) is 11.5. The Morgan fingerprint density at radius 2 is 0.925 bits per heavy atom. The molecule has 0 bridgehead atoms. The zero-order valence-corrected chi connectivity index (χ0v) is 21.5. The van der Waals surface area contributed by atoms with Gasteiger partial charge in [-0.1, -0.05) is 60.7 Å². The number of fused-ring (bicyclic) bond motifs is 6. The highest BCUT2D eigenvalue weighted by molar-refractivity contribution is 6.07. The van der Waals surface area contributed by atoms with Gasteiger partial charge >= 0.3 is 0 Å². The van der Waals surface area contributed by atoms with Crippen molar-refractivity contribution in [3.63, 3.8) is 0 Å². The number of furan rings is 2. The maximum atomic E-state index is 6.23. The molecule has 0 aliphatic heterocycles. The maximum absolute atomic E-state index is 6.23. The number of hydrogen-bond donors (Lipinski definition) is 1. The number of benzene rings is 6. The highest BCUT2D eigenvalue weighted by Crippen LogP contribution is 2.39. The molecule has 2 aromatic heterocycles. The standard InChI is InChI=1S/C36H24N2O2/c1-2-10-26(11-3-1)38(28-18-20-32-30-14-5-7-16-34(30)40-36(32)23-28)27-12-8-9-24(21-27)37-25-17-19-31-29-13-4-6-15-33(29)39-35(31)22-25/h1-23,37H. The Bertz CT molecular complexity index is 2160. The fourth-order valence-corrected chi connectivity index (χ4v) is 5.57. The number of anilines is 5. The van der Waals surface area contributed by atoms with Gasteiger partial charge < -0.3 is 19.1 Å². The van der Waals surface area contributed by atoms with Crippen molar-refractivity contribution in [2.24, 2.45) is 0 Å². The van der Waals surface area contributed by atoms with Crippen molar-refractivity contribution in [1.29, 1.82) is 0 Å². The monoisotopic (exact) mass is 516 g/mol. The van der Waals surface area contributed by atoms with E-state index in [1.54, 1.807) is 0 Å². The van der Waals surface area contributed by atoms with Crippen LogP contribution in [0.2, 0.25) is 0 Å². The number of rotatable bonds is 5. The van der Waals surface area contributed by atoms with E-state index in [0.717, 1.165) is 72.3 Å². The van der Waals surface area contributed by atoms with Crippen LogP contribution in [0.1, 0.15) is 0 Å². The molecule has 0 unspecified atom stereocenters. The van der Waals surface area contributed by atoms with Gasteiger partial charge in [-0.25, -0.2) is 0 Å². The van der Waals surface area contributed by atoms with Crippen LogP contribution in [0.25, 0.3) is 43.9 Å². The topological polar surface area (TPSA) is 41.5 Å². The molecule has 0 spiro atoms. The average molecular weight is 517 g/mol. The lowest BCUT2D eigenvalue weighted by Gasteiger charge is -2.26. The van der Waals surface area contributed by atoms with E-state index in [9.17, 15) is 0 Å². The molecular weight excluding hydrogens is 492 g/mol. The highest BCUT2D eigenvalue weighted by atomic mass is 16.3. The van der Waals surface area contributed by atoms with Crippen LogP contribution in [-0.2, 0) is 0 Å². The van der Waals surface area contributed by atoms with Gasteiger partial charge in [0.1, 0.15) is 22.3 Å². The molecule has 0 atom stereocenters. The second kappa shape index (κ2) is 9.07. The van der Waals surface area contributed by atoms with Crippen LogP contribution in [0, 0.1) is 0 Å². The SMILES string of the molecule is c1ccc(N(c2cccc(Nc3ccc4c(c3)oc3ccccc34)c2)c2ccc3c(c2)oc2ccccc23)cc1. The van der Waals surface area contributed by atoms with Crippen molar-refractivity contribution in [3.05, 3.63) is 140 Å². The second-order valence-corrected chi connectivity index (χ2v) is 9.93. The fourth-order valence-electron chi connectivity index (χ4n) is 5.57. The quantitative estimate of drug-likeness (QED) is 0.247. The van der Waals surface area contributed by atoms with E-state index in [4.69, 9.17) is 8.83 Å². The minimum Gasteiger partial charge on any atom is -0.456 e. The van der Waals surface area contributed by atoms with Gasteiger partial charge in [-0.05, 0) is 66.7 Å². The van der Waals surface area contributed by atoms with Crippen LogP contribution in [0.5, 0.6) is 0 Å². The summed E-state index contributed by atoms with van der Waals surface area (Å²) < 4.78 is 12.3. The van der Waals surface area contributed by atoms with Gasteiger partial charge in [-0.15, -0.1) is 0 Å². The predicted octanol–water partition coefficient (Wildman–Crippen LogP) is 10.7. The molecule has 190 valence electrons. The van der Waals surface area contributed by atoms with Crippen LogP contribution >= 0.6 is 0 Å². The summed E-state index contributed by atoms with van der Waals surface area (Å²) in [7, 11) is 0. The van der Waals surface area contributed by atoms with E-state index in [2.05, 4.69) is 107 Å². The van der Waals surface area contributed by atoms with Crippen LogP contribution in [0.3, 0.4) is 0 Å². The number of hydrogen-bond acceptors (Lipinski definition) is 4. The van der Waals surface area contributed by atoms with E-state index < -0.39 is 0 Å². The predicted molar refractivity (Wildman–Crippen MR) is 165 cm³/mol. The second-order valence-electron chi connectivity index (χ2n) is 9.93. The van der Waals surface area contributed by atoms with Crippen molar-refractivity contribution in [3.8, 4) is 0 Å². The summed E-state index contributed by atoms with van der Waals surface area (Å²) in [6, 6.07) is 47.9. The molecule has 0 amide bonds. The van der Waals surface area contributed by atoms with Crippen LogP contribution in [0.4, 0.5) is 28.4 Å². The molecule has 0 saturated carbocycles. The third-order valence-corrected chi connectivity index (χ3v) is 7.41. The molecule has 0 aliphatic carbocycles. The van der Waals surface area contributed by atoms with Crippen molar-refractivity contribution in [2.75, 3.05) is 10.2 Å². The van der Waals surface area contributed by atoms with Gasteiger partial charge in [0.05, 0.1) is 0 Å². The Labute approximate surface area is 230 Å². The Balaban J connectivity index is 1.19. The lowest BCUT2D eigenvalue weighted by Crippen LogP contribution is -2.10. The molecule has 0 aliphatic rings. The van der Waals surface area contributed by atoms with E-state index in [1.165, 1.54) is 0 Å². The van der Waals surface area contributed by atoms with Crippen LogP contribution < -0.4 is 10.2 Å². The minimum absolute atomic E-state index is 0.868. The van der Waals surface area contributed by atoms with Gasteiger partial charge in [-0.2, -0.15) is 0 Å². The first-order valence-electron chi connectivity index (χ1n) is 13.4. The van der Waals surface area contributed by atoms with Crippen molar-refractivity contribution >= 4 is 72.3 Å². The summed E-state index contributed by atoms with van der Waals surface area (Å²) >= 11 is 0. The van der Waals surface area contributed by atoms with Gasteiger partial charge in [0.25, 0.3) is 0 Å². The molecule has 1 N–H and O–H groups in total. The number of para-hydroxylation sites is 3. The Hall–Kier alpha value is -5.48. The van der Waals surface area contributed by atoms with E-state index in [-0.39, 0.29) is 0 Å². The molecule has 6 aromatic carbocycles. The molecule has 4 nitrogen and oxygen atoms in total. The lowest BCUT2D eigenvalue weighted by molar-refractivity contribution is 0.668. The molecule has 0 saturated heterocycles. The smallest absolute Gasteiger partial charge is 0.137 e. The van der Waals surface area contributed by atoms with Gasteiger partial charge in [0.15, 0.2) is 0 Å². The van der Waals surface area contributed by atoms with Crippen molar-refractivity contribution in [2.45, 2.75) is 0 Å². The summed E-state index contributed by atoms with van der Waals surface area (Å²) in [6.45, 7) is 0.